The molecule has 0 aliphatic carbocycles. The van der Waals surface area contributed by atoms with Crippen molar-refractivity contribution in [3.63, 3.8) is 0 Å². The van der Waals surface area contributed by atoms with E-state index in [0.29, 0.717) is 59.3 Å². The predicted octanol–water partition coefficient (Wildman–Crippen LogP) is -1.74. The number of aliphatic hydroxyl groups excluding tert-OH is 1. The van der Waals surface area contributed by atoms with Crippen molar-refractivity contribution < 1.29 is 68.2 Å². The molecule has 542 valence electrons. The van der Waals surface area contributed by atoms with E-state index in [1.807, 2.05) is 50.2 Å². The summed E-state index contributed by atoms with van der Waals surface area (Å²) in [5.74, 6) is -7.88. The number of phenolic OH excluding ortho intramolecular Hbond substituents is 1. The van der Waals surface area contributed by atoms with Crippen molar-refractivity contribution in [1.29, 1.82) is 5.41 Å². The highest BCUT2D eigenvalue weighted by Gasteiger charge is 2.40. The van der Waals surface area contributed by atoms with E-state index in [1.54, 1.807) is 48.4 Å². The van der Waals surface area contributed by atoms with Gasteiger partial charge >= 0.3 is 6.03 Å². The zero-order chi connectivity index (χ0) is 73.1. The first-order valence-corrected chi connectivity index (χ1v) is 33.2. The number of phenols is 1. The number of nitrogens with one attached hydrogen (secondary N) is 14. The van der Waals surface area contributed by atoms with Gasteiger partial charge in [-0.15, -0.1) is 0 Å². The van der Waals surface area contributed by atoms with Gasteiger partial charge in [0, 0.05) is 87.8 Å². The molecular weight excluding hydrogens is 1310 g/mol. The number of likely N-dealkylation sites (N-methyl/N-ethyl adjacent to an activating group) is 1. The summed E-state index contributed by atoms with van der Waals surface area (Å²) in [5.41, 5.74) is 14.3. The van der Waals surface area contributed by atoms with Gasteiger partial charge < -0.3 is 94.3 Å². The third-order valence-corrected chi connectivity index (χ3v) is 16.6. The minimum absolute atomic E-state index is 0.0473. The SMILES string of the molecule is CCNC(=O)[C@@H]1CCCN1C(=O)[C@H](CCCNC(=N)N)NC(=O)[C@H](CC(C)C)NC(=O)[C@@H](Cc1cn(Cc2ccccc2)cn1)NC(=O)[C@H](Cc1ccc(O)cc1)NC(=O)[C@H](CO)NC(=O)[C@H](Cc1c[nH]c2ccccc12)NC(=O)[C@H](Cc1c[nH]cn1)NC(=O)[C@@H]1CCC(=O)N1.NC(=O)NO. The van der Waals surface area contributed by atoms with Crippen molar-refractivity contribution >= 4 is 82.0 Å². The number of primary amides is 1. The van der Waals surface area contributed by atoms with Crippen molar-refractivity contribution in [3.8, 4) is 5.75 Å². The van der Waals surface area contributed by atoms with Crippen LogP contribution in [-0.4, -0.2) is 197 Å². The summed E-state index contributed by atoms with van der Waals surface area (Å²) < 4.78 is 1.78. The predicted molar refractivity (Wildman–Crippen MR) is 366 cm³/mol. The molecule has 2 aliphatic heterocycles. The van der Waals surface area contributed by atoms with Gasteiger partial charge in [0.15, 0.2) is 5.96 Å². The summed E-state index contributed by atoms with van der Waals surface area (Å²) in [5, 5.41) is 64.0. The summed E-state index contributed by atoms with van der Waals surface area (Å²) in [6.45, 7) is 5.55. The number of carbonyl (C=O) groups is 11. The Hall–Kier alpha value is -11.4. The number of rotatable bonds is 34. The zero-order valence-corrected chi connectivity index (χ0v) is 56.3. The van der Waals surface area contributed by atoms with Crippen molar-refractivity contribution in [2.75, 3.05) is 26.2 Å². The van der Waals surface area contributed by atoms with Crippen LogP contribution in [0, 0.1) is 11.3 Å². The second kappa shape index (κ2) is 38.1. The Kier molecular flexibility index (Phi) is 29.0. The maximum atomic E-state index is 15.1. The van der Waals surface area contributed by atoms with Crippen molar-refractivity contribution in [3.05, 3.63) is 138 Å². The van der Waals surface area contributed by atoms with Crippen LogP contribution in [0.5, 0.6) is 5.75 Å². The number of aliphatic hydroxyl groups is 1. The lowest BCUT2D eigenvalue weighted by Gasteiger charge is -2.30. The molecule has 0 bridgehead atoms. The Balaban J connectivity index is 0.00000276. The highest BCUT2D eigenvalue weighted by molar-refractivity contribution is 5.99. The lowest BCUT2D eigenvalue weighted by Crippen LogP contribution is -2.61. The van der Waals surface area contributed by atoms with E-state index in [2.05, 4.69) is 78.8 Å². The third kappa shape index (κ3) is 23.6. The summed E-state index contributed by atoms with van der Waals surface area (Å²) in [4.78, 5) is 167. The molecule has 0 radical (unpaired) electrons. The van der Waals surface area contributed by atoms with Gasteiger partial charge in [-0.25, -0.2) is 20.2 Å². The Morgan fingerprint density at radius 3 is 1.88 bits per heavy atom. The first kappa shape index (κ1) is 76.9. The molecule has 0 spiro atoms. The monoisotopic (exact) mass is 1400 g/mol. The van der Waals surface area contributed by atoms with Crippen molar-refractivity contribution in [2.24, 2.45) is 17.4 Å². The Morgan fingerprint density at radius 1 is 0.673 bits per heavy atom. The number of hydrogen-bond acceptors (Lipinski definition) is 17. The molecule has 2 saturated heterocycles. The number of fused-ring (bicyclic) bond motifs is 1. The molecule has 101 heavy (non-hydrogen) atoms. The third-order valence-electron chi connectivity index (χ3n) is 16.6. The summed E-state index contributed by atoms with van der Waals surface area (Å²) in [6, 6.07) is 9.50. The fraction of sp³-hybridized carbons (Fsp3) is 0.433. The van der Waals surface area contributed by atoms with Crippen LogP contribution in [0.3, 0.4) is 0 Å². The summed E-state index contributed by atoms with van der Waals surface area (Å²) in [6.07, 6.45) is 8.53. The number of para-hydroxylation sites is 1. The quantitative estimate of drug-likeness (QED) is 0.00701. The molecule has 5 heterocycles. The van der Waals surface area contributed by atoms with E-state index in [9.17, 15) is 53.4 Å². The number of likely N-dealkylation sites (tertiary alicyclic amines) is 1. The van der Waals surface area contributed by atoms with Gasteiger partial charge in [0.25, 0.3) is 0 Å². The van der Waals surface area contributed by atoms with E-state index in [1.165, 1.54) is 47.2 Å². The molecule has 34 nitrogen and oxygen atoms in total. The van der Waals surface area contributed by atoms with E-state index < -0.39 is 114 Å². The van der Waals surface area contributed by atoms with Crippen LogP contribution in [0.15, 0.2) is 110 Å². The number of guanidine groups is 1. The maximum Gasteiger partial charge on any atom is 0.335 e. The van der Waals surface area contributed by atoms with E-state index in [-0.39, 0.29) is 100 Å². The number of aromatic nitrogens is 5. The smallest absolute Gasteiger partial charge is 0.335 e. The summed E-state index contributed by atoms with van der Waals surface area (Å²) >= 11 is 0. The number of carbonyl (C=O) groups excluding carboxylic acids is 11. The first-order chi connectivity index (χ1) is 48.4. The minimum atomic E-state index is -1.80. The van der Waals surface area contributed by atoms with E-state index in [0.717, 1.165) is 5.56 Å². The number of amides is 12. The largest absolute Gasteiger partial charge is 0.508 e. The number of benzene rings is 3. The number of imidazole rings is 2. The average Bonchev–Trinajstić information content (AvgIpc) is 1.74. The fourth-order valence-electron chi connectivity index (χ4n) is 11.6. The van der Waals surface area contributed by atoms with Gasteiger partial charge in [-0.2, -0.15) is 0 Å². The number of H-pyrrole nitrogens is 2. The zero-order valence-electron chi connectivity index (χ0n) is 56.3. The lowest BCUT2D eigenvalue weighted by atomic mass is 10.0. The molecule has 12 amide bonds. The molecule has 21 N–H and O–H groups in total. The molecule has 6 aromatic rings. The molecule has 0 saturated carbocycles. The number of hydrogen-bond donors (Lipinski definition) is 19. The van der Waals surface area contributed by atoms with E-state index in [4.69, 9.17) is 16.4 Å². The van der Waals surface area contributed by atoms with Crippen LogP contribution < -0.4 is 70.1 Å². The molecule has 2 aliphatic rings. The first-order valence-electron chi connectivity index (χ1n) is 33.2. The number of aromatic amines is 2. The van der Waals surface area contributed by atoms with Crippen molar-refractivity contribution in [1.82, 2.24) is 88.1 Å². The van der Waals surface area contributed by atoms with Gasteiger partial charge in [0.05, 0.1) is 30.6 Å². The standard InChI is InChI=1S/C66H86N18O12.CH4N2O2/c1-4-70-64(95)55-17-11-25-84(55)65(96)48(16-10-24-71-66(67)68)76-58(89)49(26-38(2)3)77-62(93)53(30-43-34-83(37-74-43)33-40-12-6-5-7-13-40)81-59(90)50(27-39-18-20-44(86)21-19-39)78-63(94)54(35-85)82-60(91)51(28-41-31-72-46-15-9-8-14-45(41)46)79-61(92)52(29-42-32-69-36-73-42)80-57(88)47-22-23-56(87)75-47;2-1(4)3-5/h5-9,12-15,18-21,31-32,34,36-38,47-55,72,85-86H,4,10-11,16-17,22-30,33,35H2,1-3H3,(H,69,73)(H,70,95)(H,75,87)(H,76,89)(H,77,93)(H,78,94)(H,79,92)(H,80,88)(H,81,90)(H,82,91)(H4,67,68,71);5H,(H3,2,3,4)/t47-,48-,49-,50-,51-,52-,53+,54-,55-;/m0./s1. The van der Waals surface area contributed by atoms with Crippen LogP contribution in [0.25, 0.3) is 10.9 Å². The fourth-order valence-corrected chi connectivity index (χ4v) is 11.6. The Labute approximate surface area is 581 Å². The van der Waals surface area contributed by atoms with Crippen LogP contribution in [0.1, 0.15) is 93.8 Å². The molecule has 0 unspecified atom stereocenters. The van der Waals surface area contributed by atoms with Gasteiger partial charge in [0.2, 0.25) is 59.1 Å². The molecule has 8 rings (SSSR count). The van der Waals surface area contributed by atoms with Crippen LogP contribution in [0.4, 0.5) is 4.79 Å². The van der Waals surface area contributed by atoms with Gasteiger partial charge in [-0.05, 0) is 86.3 Å². The lowest BCUT2D eigenvalue weighted by molar-refractivity contribution is -0.142. The topological polar surface area (TPSA) is 522 Å². The molecule has 3 aromatic carbocycles. The molecular formula is C67H90N20O14. The van der Waals surface area contributed by atoms with Gasteiger partial charge in [-0.1, -0.05) is 74.5 Å². The summed E-state index contributed by atoms with van der Waals surface area (Å²) in [7, 11) is 0. The minimum Gasteiger partial charge on any atom is -0.508 e. The number of urea groups is 1. The molecule has 9 atom stereocenters. The van der Waals surface area contributed by atoms with Crippen LogP contribution in [0.2, 0.25) is 0 Å². The number of hydroxylamine groups is 1. The second-order valence-electron chi connectivity index (χ2n) is 24.9. The second-order valence-corrected chi connectivity index (χ2v) is 24.9. The highest BCUT2D eigenvalue weighted by atomic mass is 16.5. The molecule has 2 fully saturated rings. The van der Waals surface area contributed by atoms with Crippen LogP contribution >= 0.6 is 0 Å². The van der Waals surface area contributed by atoms with E-state index >= 15 is 9.59 Å². The van der Waals surface area contributed by atoms with Gasteiger partial charge in [0.1, 0.15) is 60.1 Å². The Bertz CT molecular complexity index is 3810. The van der Waals surface area contributed by atoms with Crippen molar-refractivity contribution in [2.45, 2.75) is 152 Å². The molecule has 3 aromatic heterocycles. The average molecular weight is 1400 g/mol. The van der Waals surface area contributed by atoms with Gasteiger partial charge in [-0.3, -0.25) is 58.6 Å². The number of nitrogens with zero attached hydrogens (tertiary/aromatic N) is 4. The number of nitrogens with two attached hydrogens (primary N) is 2. The molecule has 34 heteroatoms. The highest BCUT2D eigenvalue weighted by Crippen LogP contribution is 2.23. The maximum absolute atomic E-state index is 15.1. The van der Waals surface area contributed by atoms with Crippen LogP contribution in [-0.2, 0) is 80.2 Å². The number of aromatic hydroxyl groups is 1. The Morgan fingerprint density at radius 2 is 1.27 bits per heavy atom. The normalized spacial score (nSPS) is 16.1.